The highest BCUT2D eigenvalue weighted by Gasteiger charge is 2.12. The van der Waals surface area contributed by atoms with Gasteiger partial charge in [-0.25, -0.2) is 8.78 Å². The molecule has 2 N–H and O–H groups in total. The van der Waals surface area contributed by atoms with Crippen molar-refractivity contribution < 1.29 is 23.1 Å². The maximum Gasteiger partial charge on any atom is 0.272 e. The Balaban J connectivity index is 1.91. The van der Waals surface area contributed by atoms with Gasteiger partial charge in [0.2, 0.25) is 5.91 Å². The summed E-state index contributed by atoms with van der Waals surface area (Å²) in [5.41, 5.74) is 4.46. The van der Waals surface area contributed by atoms with E-state index in [0.717, 1.165) is 12.1 Å². The Kier molecular flexibility index (Phi) is 5.24. The summed E-state index contributed by atoms with van der Waals surface area (Å²) in [4.78, 5) is 23.4. The number of carbonyl (C=O) groups is 2. The Morgan fingerprint density at radius 1 is 1.04 bits per heavy atom. The molecule has 0 saturated carbocycles. The largest absolute Gasteiger partial charge is 0.494 e. The highest BCUT2D eigenvalue weighted by molar-refractivity contribution is 5.95. The molecule has 0 unspecified atom stereocenters. The average Bonchev–Trinajstić information content (AvgIpc) is 2.53. The van der Waals surface area contributed by atoms with E-state index in [2.05, 4.69) is 10.9 Å². The second-order valence-corrected chi connectivity index (χ2v) is 4.63. The Morgan fingerprint density at radius 2 is 1.78 bits per heavy atom. The van der Waals surface area contributed by atoms with Crippen molar-refractivity contribution in [1.82, 2.24) is 10.9 Å². The van der Waals surface area contributed by atoms with Crippen LogP contribution in [0, 0.1) is 11.6 Å². The number of hydrogen-bond donors (Lipinski definition) is 2. The minimum Gasteiger partial charge on any atom is -0.494 e. The van der Waals surface area contributed by atoms with Crippen LogP contribution in [-0.4, -0.2) is 18.9 Å². The third kappa shape index (κ3) is 4.26. The summed E-state index contributed by atoms with van der Waals surface area (Å²) in [6.45, 7) is 0. The molecular weight excluding hydrogens is 306 g/mol. The summed E-state index contributed by atoms with van der Waals surface area (Å²) in [6.07, 6.45) is -0.154. The predicted molar refractivity (Wildman–Crippen MR) is 78.7 cm³/mol. The molecule has 2 rings (SSSR count). The zero-order valence-electron chi connectivity index (χ0n) is 12.2. The number of methoxy groups -OCH3 is 1. The van der Waals surface area contributed by atoms with E-state index in [1.165, 1.54) is 37.4 Å². The molecule has 2 amide bonds. The molecule has 0 spiro atoms. The standard InChI is InChI=1S/C16H14F2N2O3/c1-23-14-7-6-10(8-13(14)18)9-15(21)19-20-16(22)11-4-2-3-5-12(11)17/h2-8H,9H2,1H3,(H,19,21)(H,20,22). The second-order valence-electron chi connectivity index (χ2n) is 4.63. The lowest BCUT2D eigenvalue weighted by atomic mass is 10.1. The number of nitrogens with one attached hydrogen (secondary N) is 2. The van der Waals surface area contributed by atoms with Crippen LogP contribution in [0.5, 0.6) is 5.75 Å². The van der Waals surface area contributed by atoms with Crippen LogP contribution in [0.2, 0.25) is 0 Å². The van der Waals surface area contributed by atoms with Gasteiger partial charge in [0.1, 0.15) is 5.82 Å². The first-order chi connectivity index (χ1) is 11.0. The Bertz CT molecular complexity index is 735. The van der Waals surface area contributed by atoms with Crippen LogP contribution >= 0.6 is 0 Å². The van der Waals surface area contributed by atoms with Crippen molar-refractivity contribution in [3.8, 4) is 5.75 Å². The van der Waals surface area contributed by atoms with Crippen LogP contribution in [0.15, 0.2) is 42.5 Å². The average molecular weight is 320 g/mol. The molecule has 0 bridgehead atoms. The number of ether oxygens (including phenoxy) is 1. The van der Waals surface area contributed by atoms with E-state index >= 15 is 0 Å². The highest BCUT2D eigenvalue weighted by atomic mass is 19.1. The molecule has 2 aromatic rings. The van der Waals surface area contributed by atoms with E-state index in [9.17, 15) is 18.4 Å². The van der Waals surface area contributed by atoms with Gasteiger partial charge >= 0.3 is 0 Å². The van der Waals surface area contributed by atoms with E-state index < -0.39 is 23.4 Å². The summed E-state index contributed by atoms with van der Waals surface area (Å²) in [5, 5.41) is 0. The van der Waals surface area contributed by atoms with E-state index in [-0.39, 0.29) is 17.7 Å². The van der Waals surface area contributed by atoms with E-state index in [0.29, 0.717) is 5.56 Å². The van der Waals surface area contributed by atoms with Crippen molar-refractivity contribution >= 4 is 11.8 Å². The molecule has 7 heteroatoms. The fraction of sp³-hybridized carbons (Fsp3) is 0.125. The topological polar surface area (TPSA) is 67.4 Å². The molecule has 23 heavy (non-hydrogen) atoms. The summed E-state index contributed by atoms with van der Waals surface area (Å²) in [7, 11) is 1.34. The Hall–Kier alpha value is -2.96. The molecule has 0 heterocycles. The van der Waals surface area contributed by atoms with Crippen LogP contribution in [0.1, 0.15) is 15.9 Å². The monoisotopic (exact) mass is 320 g/mol. The van der Waals surface area contributed by atoms with Gasteiger partial charge in [-0.1, -0.05) is 18.2 Å². The van der Waals surface area contributed by atoms with E-state index in [4.69, 9.17) is 4.74 Å². The molecular formula is C16H14F2N2O3. The first-order valence-electron chi connectivity index (χ1n) is 6.67. The highest BCUT2D eigenvalue weighted by Crippen LogP contribution is 2.17. The molecule has 2 aromatic carbocycles. The maximum absolute atomic E-state index is 13.5. The summed E-state index contributed by atoms with van der Waals surface area (Å²) in [6, 6.07) is 9.46. The molecule has 0 fully saturated rings. The number of benzene rings is 2. The molecule has 120 valence electrons. The molecule has 0 aliphatic rings. The van der Waals surface area contributed by atoms with Gasteiger partial charge in [0.05, 0.1) is 19.1 Å². The second kappa shape index (κ2) is 7.35. The van der Waals surface area contributed by atoms with Crippen molar-refractivity contribution in [1.29, 1.82) is 0 Å². The predicted octanol–water partition coefficient (Wildman–Crippen LogP) is 1.98. The lowest BCUT2D eigenvalue weighted by Gasteiger charge is -2.09. The zero-order valence-corrected chi connectivity index (χ0v) is 12.2. The zero-order chi connectivity index (χ0) is 16.8. The van der Waals surface area contributed by atoms with Crippen LogP contribution in [0.3, 0.4) is 0 Å². The molecule has 0 saturated heterocycles. The molecule has 0 aliphatic carbocycles. The Labute approximate surface area is 131 Å². The van der Waals surface area contributed by atoms with Crippen molar-refractivity contribution in [2.24, 2.45) is 0 Å². The van der Waals surface area contributed by atoms with Crippen molar-refractivity contribution in [2.45, 2.75) is 6.42 Å². The van der Waals surface area contributed by atoms with Gasteiger partial charge in [0.25, 0.3) is 5.91 Å². The van der Waals surface area contributed by atoms with Crippen LogP contribution in [0.25, 0.3) is 0 Å². The number of amides is 2. The quantitative estimate of drug-likeness (QED) is 0.847. The fourth-order valence-electron chi connectivity index (χ4n) is 1.89. The van der Waals surface area contributed by atoms with Gasteiger partial charge in [-0.05, 0) is 29.8 Å². The van der Waals surface area contributed by atoms with Gasteiger partial charge < -0.3 is 4.74 Å². The van der Waals surface area contributed by atoms with Crippen LogP contribution in [-0.2, 0) is 11.2 Å². The van der Waals surface area contributed by atoms with Crippen molar-refractivity contribution in [3.63, 3.8) is 0 Å². The maximum atomic E-state index is 13.5. The smallest absolute Gasteiger partial charge is 0.272 e. The summed E-state index contributed by atoms with van der Waals surface area (Å²) in [5.74, 6) is -2.57. The van der Waals surface area contributed by atoms with Crippen molar-refractivity contribution in [2.75, 3.05) is 7.11 Å². The first-order valence-corrected chi connectivity index (χ1v) is 6.67. The SMILES string of the molecule is COc1ccc(CC(=O)NNC(=O)c2ccccc2F)cc1F. The number of carbonyl (C=O) groups excluding carboxylic acids is 2. The van der Waals surface area contributed by atoms with Crippen molar-refractivity contribution in [3.05, 3.63) is 65.2 Å². The van der Waals surface area contributed by atoms with Gasteiger partial charge in [-0.15, -0.1) is 0 Å². The summed E-state index contributed by atoms with van der Waals surface area (Å²) < 4.78 is 31.7. The number of halogens is 2. The summed E-state index contributed by atoms with van der Waals surface area (Å²) >= 11 is 0. The minimum atomic E-state index is -0.780. The lowest BCUT2D eigenvalue weighted by molar-refractivity contribution is -0.121. The first kappa shape index (κ1) is 16.4. The Morgan fingerprint density at radius 3 is 2.43 bits per heavy atom. The molecule has 0 radical (unpaired) electrons. The minimum absolute atomic E-state index is 0.0713. The number of hydrogen-bond acceptors (Lipinski definition) is 3. The van der Waals surface area contributed by atoms with Gasteiger partial charge in [0.15, 0.2) is 11.6 Å². The molecule has 5 nitrogen and oxygen atoms in total. The third-order valence-electron chi connectivity index (χ3n) is 3.01. The number of hydrazine groups is 1. The van der Waals surface area contributed by atoms with E-state index in [1.54, 1.807) is 0 Å². The molecule has 0 atom stereocenters. The molecule has 0 aromatic heterocycles. The third-order valence-corrected chi connectivity index (χ3v) is 3.01. The van der Waals surface area contributed by atoms with Gasteiger partial charge in [-0.2, -0.15) is 0 Å². The lowest BCUT2D eigenvalue weighted by Crippen LogP contribution is -2.42. The fourth-order valence-corrected chi connectivity index (χ4v) is 1.89. The van der Waals surface area contributed by atoms with Gasteiger partial charge in [0, 0.05) is 0 Å². The van der Waals surface area contributed by atoms with Crippen LogP contribution in [0.4, 0.5) is 8.78 Å². The number of rotatable bonds is 4. The van der Waals surface area contributed by atoms with E-state index in [1.807, 2.05) is 0 Å². The normalized spacial score (nSPS) is 10.0. The van der Waals surface area contributed by atoms with Gasteiger partial charge in [-0.3, -0.25) is 20.4 Å². The molecule has 0 aliphatic heterocycles. The van der Waals surface area contributed by atoms with Crippen LogP contribution < -0.4 is 15.6 Å².